The Morgan fingerprint density at radius 3 is 3.12 bits per heavy atom. The maximum Gasteiger partial charge on any atom is 0.228 e. The molecule has 0 aliphatic carbocycles. The van der Waals surface area contributed by atoms with Crippen LogP contribution >= 0.6 is 11.6 Å². The van der Waals surface area contributed by atoms with Gasteiger partial charge in [0.15, 0.2) is 0 Å². The Morgan fingerprint density at radius 1 is 1.50 bits per heavy atom. The highest BCUT2D eigenvalue weighted by Gasteiger charge is 2.29. The minimum Gasteiger partial charge on any atom is -0.311 e. The van der Waals surface area contributed by atoms with E-state index in [0.717, 1.165) is 16.6 Å². The lowest BCUT2D eigenvalue weighted by Crippen LogP contribution is -2.24. The van der Waals surface area contributed by atoms with E-state index >= 15 is 0 Å². The predicted molar refractivity (Wildman–Crippen MR) is 62.7 cm³/mol. The Balaban J connectivity index is 2.02. The molecule has 0 bridgehead atoms. The minimum absolute atomic E-state index is 0.0763. The summed E-state index contributed by atoms with van der Waals surface area (Å²) >= 11 is 5.97. The monoisotopic (exact) mass is 235 g/mol. The molecule has 4 nitrogen and oxygen atoms in total. The van der Waals surface area contributed by atoms with Crippen molar-refractivity contribution in [1.82, 2.24) is 10.2 Å². The van der Waals surface area contributed by atoms with Crippen LogP contribution in [0.4, 0.5) is 5.69 Å². The molecule has 82 valence electrons. The summed E-state index contributed by atoms with van der Waals surface area (Å²) in [6, 6.07) is 5.78. The fourth-order valence-corrected chi connectivity index (χ4v) is 2.28. The van der Waals surface area contributed by atoms with E-state index in [1.807, 2.05) is 18.2 Å². The number of aromatic nitrogens is 2. The van der Waals surface area contributed by atoms with E-state index in [1.165, 1.54) is 0 Å². The Morgan fingerprint density at radius 2 is 2.38 bits per heavy atom. The average molecular weight is 236 g/mol. The van der Waals surface area contributed by atoms with Crippen molar-refractivity contribution >= 4 is 34.1 Å². The molecule has 1 amide bonds. The number of benzene rings is 1. The molecule has 0 radical (unpaired) electrons. The summed E-state index contributed by atoms with van der Waals surface area (Å²) in [7, 11) is 0. The van der Waals surface area contributed by atoms with Crippen LogP contribution in [-0.2, 0) is 4.79 Å². The van der Waals surface area contributed by atoms with Gasteiger partial charge in [0.05, 0.1) is 17.1 Å². The summed E-state index contributed by atoms with van der Waals surface area (Å²) in [5.74, 6) is 0.0860. The maximum atomic E-state index is 11.7. The average Bonchev–Trinajstić information content (AvgIpc) is 2.83. The Kier molecular flexibility index (Phi) is 2.11. The van der Waals surface area contributed by atoms with Crippen molar-refractivity contribution in [3.8, 4) is 0 Å². The molecular weight excluding hydrogens is 226 g/mol. The third kappa shape index (κ3) is 1.46. The first kappa shape index (κ1) is 9.66. The molecule has 1 saturated heterocycles. The lowest BCUT2D eigenvalue weighted by Gasteiger charge is -2.15. The highest BCUT2D eigenvalue weighted by molar-refractivity contribution is 6.24. The molecule has 1 aromatic carbocycles. The Labute approximate surface area is 97.2 Å². The number of alkyl halides is 1. The van der Waals surface area contributed by atoms with Crippen molar-refractivity contribution in [1.29, 1.82) is 0 Å². The van der Waals surface area contributed by atoms with Crippen LogP contribution in [0.5, 0.6) is 0 Å². The first-order valence-electron chi connectivity index (χ1n) is 5.11. The largest absolute Gasteiger partial charge is 0.311 e. The molecule has 16 heavy (non-hydrogen) atoms. The van der Waals surface area contributed by atoms with Gasteiger partial charge in [0.1, 0.15) is 0 Å². The van der Waals surface area contributed by atoms with Crippen molar-refractivity contribution in [2.24, 2.45) is 0 Å². The van der Waals surface area contributed by atoms with E-state index in [-0.39, 0.29) is 11.3 Å². The number of carbonyl (C=O) groups excluding carboxylic acids is 1. The van der Waals surface area contributed by atoms with Crippen molar-refractivity contribution < 1.29 is 4.79 Å². The normalized spacial score (nSPS) is 20.9. The molecule has 1 N–H and O–H groups in total. The van der Waals surface area contributed by atoms with Crippen molar-refractivity contribution in [2.75, 3.05) is 11.4 Å². The van der Waals surface area contributed by atoms with Crippen LogP contribution in [0.15, 0.2) is 24.4 Å². The molecule has 1 fully saturated rings. The summed E-state index contributed by atoms with van der Waals surface area (Å²) in [5.41, 5.74) is 1.86. The van der Waals surface area contributed by atoms with Gasteiger partial charge in [-0.05, 0) is 18.2 Å². The minimum atomic E-state index is -0.0763. The Bertz CT molecular complexity index is 551. The van der Waals surface area contributed by atoms with Crippen LogP contribution in [-0.4, -0.2) is 28.0 Å². The molecule has 0 spiro atoms. The number of hydrogen-bond donors (Lipinski definition) is 1. The van der Waals surface area contributed by atoms with E-state index in [2.05, 4.69) is 10.2 Å². The van der Waals surface area contributed by atoms with E-state index in [4.69, 9.17) is 11.6 Å². The molecule has 5 heteroatoms. The number of carbonyl (C=O) groups is 1. The number of aromatic amines is 1. The molecule has 2 aromatic rings. The second-order valence-electron chi connectivity index (χ2n) is 3.95. The maximum absolute atomic E-state index is 11.7. The first-order valence-corrected chi connectivity index (χ1v) is 5.55. The van der Waals surface area contributed by atoms with Gasteiger partial charge in [-0.1, -0.05) is 0 Å². The standard InChI is InChI=1S/C11H10ClN3O/c12-8-4-11(16)15(6-8)9-1-2-10-7(3-9)5-13-14-10/h1-3,5,8H,4,6H2,(H,13,14). The number of anilines is 1. The molecule has 3 rings (SSSR count). The molecule has 1 aliphatic rings. The van der Waals surface area contributed by atoms with Gasteiger partial charge in [-0.25, -0.2) is 0 Å². The number of rotatable bonds is 1. The van der Waals surface area contributed by atoms with Gasteiger partial charge in [0.25, 0.3) is 0 Å². The van der Waals surface area contributed by atoms with Gasteiger partial charge >= 0.3 is 0 Å². The highest BCUT2D eigenvalue weighted by Crippen LogP contribution is 2.26. The second-order valence-corrected chi connectivity index (χ2v) is 4.56. The Hall–Kier alpha value is -1.55. The summed E-state index contributed by atoms with van der Waals surface area (Å²) in [5, 5.41) is 7.75. The molecule has 2 heterocycles. The summed E-state index contributed by atoms with van der Waals surface area (Å²) in [4.78, 5) is 13.4. The lowest BCUT2D eigenvalue weighted by molar-refractivity contribution is -0.117. The fourth-order valence-electron chi connectivity index (χ4n) is 2.01. The third-order valence-electron chi connectivity index (χ3n) is 2.81. The molecular formula is C11H10ClN3O. The second kappa shape index (κ2) is 3.49. The van der Waals surface area contributed by atoms with Gasteiger partial charge in [-0.15, -0.1) is 11.6 Å². The van der Waals surface area contributed by atoms with Crippen molar-refractivity contribution in [2.45, 2.75) is 11.8 Å². The van der Waals surface area contributed by atoms with Gasteiger partial charge in [0.2, 0.25) is 5.91 Å². The van der Waals surface area contributed by atoms with Gasteiger partial charge in [0, 0.05) is 24.0 Å². The molecule has 0 saturated carbocycles. The van der Waals surface area contributed by atoms with Crippen LogP contribution in [0.1, 0.15) is 6.42 Å². The number of fused-ring (bicyclic) bond motifs is 1. The third-order valence-corrected chi connectivity index (χ3v) is 3.11. The quantitative estimate of drug-likeness (QED) is 0.768. The number of nitrogens with zero attached hydrogens (tertiary/aromatic N) is 2. The number of H-pyrrole nitrogens is 1. The number of hydrogen-bond acceptors (Lipinski definition) is 2. The zero-order valence-electron chi connectivity index (χ0n) is 8.48. The number of nitrogens with one attached hydrogen (secondary N) is 1. The zero-order valence-corrected chi connectivity index (χ0v) is 9.24. The van der Waals surface area contributed by atoms with Gasteiger partial charge in [-0.3, -0.25) is 9.89 Å². The van der Waals surface area contributed by atoms with Crippen molar-refractivity contribution in [3.05, 3.63) is 24.4 Å². The highest BCUT2D eigenvalue weighted by atomic mass is 35.5. The van der Waals surface area contributed by atoms with Crippen LogP contribution in [0.3, 0.4) is 0 Å². The topological polar surface area (TPSA) is 49.0 Å². The molecule has 1 unspecified atom stereocenters. The predicted octanol–water partition coefficient (Wildman–Crippen LogP) is 1.91. The summed E-state index contributed by atoms with van der Waals surface area (Å²) in [6.07, 6.45) is 2.17. The smallest absolute Gasteiger partial charge is 0.228 e. The molecule has 1 aliphatic heterocycles. The summed E-state index contributed by atoms with van der Waals surface area (Å²) in [6.45, 7) is 0.587. The van der Waals surface area contributed by atoms with Crippen LogP contribution in [0, 0.1) is 0 Å². The fraction of sp³-hybridized carbons (Fsp3) is 0.273. The molecule has 1 atom stereocenters. The first-order chi connectivity index (χ1) is 7.74. The van der Waals surface area contributed by atoms with Gasteiger partial charge < -0.3 is 4.90 Å². The summed E-state index contributed by atoms with van der Waals surface area (Å²) < 4.78 is 0. The van der Waals surface area contributed by atoms with Crippen molar-refractivity contribution in [3.63, 3.8) is 0 Å². The van der Waals surface area contributed by atoms with Crippen LogP contribution in [0.25, 0.3) is 10.9 Å². The van der Waals surface area contributed by atoms with Gasteiger partial charge in [-0.2, -0.15) is 5.10 Å². The SMILES string of the molecule is O=C1CC(Cl)CN1c1ccc2[nH]ncc2c1. The van der Waals surface area contributed by atoms with E-state index in [1.54, 1.807) is 11.1 Å². The zero-order chi connectivity index (χ0) is 11.1. The van der Waals surface area contributed by atoms with Crippen LogP contribution in [0.2, 0.25) is 0 Å². The molecule has 1 aromatic heterocycles. The lowest BCUT2D eigenvalue weighted by atomic mass is 10.2. The van der Waals surface area contributed by atoms with E-state index in [9.17, 15) is 4.79 Å². The van der Waals surface area contributed by atoms with E-state index in [0.29, 0.717) is 13.0 Å². The number of halogens is 1. The van der Waals surface area contributed by atoms with E-state index < -0.39 is 0 Å². The number of amides is 1. The van der Waals surface area contributed by atoms with Crippen LogP contribution < -0.4 is 4.90 Å².